The number of nitrogens with zero attached hydrogens (tertiary/aromatic N) is 3. The third-order valence-corrected chi connectivity index (χ3v) is 5.57. The monoisotopic (exact) mass is 479 g/mol. The van der Waals surface area contributed by atoms with Gasteiger partial charge in [-0.25, -0.2) is 0 Å². The molecule has 3 aromatic carbocycles. The number of rotatable bonds is 3. The molecule has 3 nitrogen and oxygen atoms in total. The Bertz CT molecular complexity index is 1090. The molecule has 0 N–H and O–H groups in total. The number of hydrogen-bond donors (Lipinski definition) is 0. The summed E-state index contributed by atoms with van der Waals surface area (Å²) < 4.78 is 2.97. The molecule has 4 rings (SSSR count). The second kappa shape index (κ2) is 7.51. The lowest BCUT2D eigenvalue weighted by Crippen LogP contribution is -2.11. The van der Waals surface area contributed by atoms with Gasteiger partial charge < -0.3 is 0 Å². The predicted molar refractivity (Wildman–Crippen MR) is 124 cm³/mol. The summed E-state index contributed by atoms with van der Waals surface area (Å²) in [5, 5.41) is 8.90. The maximum atomic E-state index is 4.53. The first-order valence-electron chi connectivity index (χ1n) is 9.32. The molecule has 4 aromatic rings. The highest BCUT2D eigenvalue weighted by molar-refractivity contribution is 14.1. The molecule has 1 aromatic heterocycles. The number of aromatic nitrogens is 3. The summed E-state index contributed by atoms with van der Waals surface area (Å²) in [5.74, 6) is 0.854. The molecule has 0 atom stereocenters. The standard InChI is InChI=1S/C24H22IN3/c1-24(2,3)18-13-15-19(16-14-18)28-22(26-27-23(28)25)21-12-8-7-11-20(21)17-9-5-4-6-10-17/h4-16H,1-3H3. The van der Waals surface area contributed by atoms with Gasteiger partial charge in [-0.15, -0.1) is 10.2 Å². The van der Waals surface area contributed by atoms with Crippen LogP contribution in [0.25, 0.3) is 28.2 Å². The summed E-state index contributed by atoms with van der Waals surface area (Å²) >= 11 is 2.25. The lowest BCUT2D eigenvalue weighted by molar-refractivity contribution is 0.590. The van der Waals surface area contributed by atoms with E-state index in [0.717, 1.165) is 26.5 Å². The highest BCUT2D eigenvalue weighted by Crippen LogP contribution is 2.33. The van der Waals surface area contributed by atoms with Gasteiger partial charge in [0, 0.05) is 33.8 Å². The van der Waals surface area contributed by atoms with Crippen molar-refractivity contribution in [2.45, 2.75) is 26.2 Å². The smallest absolute Gasteiger partial charge is 0.199 e. The summed E-state index contributed by atoms with van der Waals surface area (Å²) in [7, 11) is 0. The van der Waals surface area contributed by atoms with Crippen molar-refractivity contribution in [2.75, 3.05) is 0 Å². The second-order valence-corrected chi connectivity index (χ2v) is 8.80. The summed E-state index contributed by atoms with van der Waals surface area (Å²) in [6.07, 6.45) is 0. The quantitative estimate of drug-likeness (QED) is 0.314. The molecule has 0 aliphatic rings. The van der Waals surface area contributed by atoms with E-state index < -0.39 is 0 Å². The van der Waals surface area contributed by atoms with Crippen molar-refractivity contribution in [3.63, 3.8) is 0 Å². The minimum absolute atomic E-state index is 0.127. The largest absolute Gasteiger partial charge is 0.270 e. The zero-order chi connectivity index (χ0) is 19.7. The molecule has 0 fully saturated rings. The molecule has 0 radical (unpaired) electrons. The van der Waals surface area contributed by atoms with E-state index in [1.54, 1.807) is 0 Å². The van der Waals surface area contributed by atoms with E-state index in [2.05, 4.69) is 131 Å². The van der Waals surface area contributed by atoms with Gasteiger partial charge in [-0.3, -0.25) is 4.57 Å². The van der Waals surface area contributed by atoms with Gasteiger partial charge in [0.15, 0.2) is 9.66 Å². The van der Waals surface area contributed by atoms with Crippen molar-refractivity contribution in [2.24, 2.45) is 0 Å². The molecule has 4 heteroatoms. The van der Waals surface area contributed by atoms with Crippen LogP contribution in [-0.2, 0) is 5.41 Å². The topological polar surface area (TPSA) is 30.7 Å². The van der Waals surface area contributed by atoms with Crippen molar-refractivity contribution in [3.05, 3.63) is 88.3 Å². The van der Waals surface area contributed by atoms with E-state index in [-0.39, 0.29) is 5.41 Å². The first kappa shape index (κ1) is 18.9. The molecule has 0 spiro atoms. The summed E-state index contributed by atoms with van der Waals surface area (Å²) in [5.41, 5.74) is 5.90. The highest BCUT2D eigenvalue weighted by Gasteiger charge is 2.18. The Morgan fingerprint density at radius 3 is 1.96 bits per heavy atom. The van der Waals surface area contributed by atoms with Crippen LogP contribution in [0, 0.1) is 3.83 Å². The summed E-state index contributed by atoms with van der Waals surface area (Å²) in [6, 6.07) is 27.5. The van der Waals surface area contributed by atoms with Crippen molar-refractivity contribution in [3.8, 4) is 28.2 Å². The van der Waals surface area contributed by atoms with Gasteiger partial charge in [0.1, 0.15) is 0 Å². The Balaban J connectivity index is 1.85. The lowest BCUT2D eigenvalue weighted by Gasteiger charge is -2.19. The minimum Gasteiger partial charge on any atom is -0.270 e. The van der Waals surface area contributed by atoms with Gasteiger partial charge in [-0.1, -0.05) is 87.5 Å². The predicted octanol–water partition coefficient (Wildman–Crippen LogP) is 6.50. The minimum atomic E-state index is 0.127. The molecule has 0 unspecified atom stereocenters. The van der Waals surface area contributed by atoms with E-state index in [9.17, 15) is 0 Å². The Morgan fingerprint density at radius 1 is 0.714 bits per heavy atom. The van der Waals surface area contributed by atoms with Crippen molar-refractivity contribution < 1.29 is 0 Å². The van der Waals surface area contributed by atoms with E-state index in [0.29, 0.717) is 0 Å². The fourth-order valence-corrected chi connectivity index (χ4v) is 3.94. The Morgan fingerprint density at radius 2 is 1.32 bits per heavy atom. The van der Waals surface area contributed by atoms with Gasteiger partial charge in [-0.2, -0.15) is 0 Å². The SMILES string of the molecule is CC(C)(C)c1ccc(-n2c(I)nnc2-c2ccccc2-c2ccccc2)cc1. The van der Waals surface area contributed by atoms with Crippen LogP contribution in [0.5, 0.6) is 0 Å². The van der Waals surface area contributed by atoms with E-state index in [4.69, 9.17) is 0 Å². The zero-order valence-corrected chi connectivity index (χ0v) is 18.4. The first-order chi connectivity index (χ1) is 13.4. The van der Waals surface area contributed by atoms with Crippen molar-refractivity contribution in [1.82, 2.24) is 14.8 Å². The molecule has 0 aliphatic heterocycles. The van der Waals surface area contributed by atoms with Gasteiger partial charge >= 0.3 is 0 Å². The van der Waals surface area contributed by atoms with E-state index in [1.807, 2.05) is 6.07 Å². The van der Waals surface area contributed by atoms with Crippen molar-refractivity contribution >= 4 is 22.6 Å². The zero-order valence-electron chi connectivity index (χ0n) is 16.2. The van der Waals surface area contributed by atoms with Crippen LogP contribution < -0.4 is 0 Å². The number of halogens is 1. The normalized spacial score (nSPS) is 11.6. The summed E-state index contributed by atoms with van der Waals surface area (Å²) in [4.78, 5) is 0. The van der Waals surface area contributed by atoms with Gasteiger partial charge in [0.05, 0.1) is 0 Å². The Hall–Kier alpha value is -2.47. The van der Waals surface area contributed by atoms with Crippen LogP contribution in [0.4, 0.5) is 0 Å². The number of benzene rings is 3. The van der Waals surface area contributed by atoms with Gasteiger partial charge in [0.25, 0.3) is 0 Å². The summed E-state index contributed by atoms with van der Waals surface area (Å²) in [6.45, 7) is 6.68. The molecular formula is C24H22IN3. The molecule has 0 aliphatic carbocycles. The first-order valence-corrected chi connectivity index (χ1v) is 10.4. The fraction of sp³-hybridized carbons (Fsp3) is 0.167. The molecule has 0 saturated carbocycles. The lowest BCUT2D eigenvalue weighted by atomic mass is 9.87. The van der Waals surface area contributed by atoms with Crippen LogP contribution in [-0.4, -0.2) is 14.8 Å². The van der Waals surface area contributed by atoms with Crippen LogP contribution in [0.15, 0.2) is 78.9 Å². The maximum Gasteiger partial charge on any atom is 0.199 e. The van der Waals surface area contributed by atoms with E-state index >= 15 is 0 Å². The van der Waals surface area contributed by atoms with Gasteiger partial charge in [-0.05, 0) is 34.2 Å². The number of hydrogen-bond acceptors (Lipinski definition) is 2. The average molecular weight is 479 g/mol. The third-order valence-electron chi connectivity index (χ3n) is 4.87. The maximum absolute atomic E-state index is 4.53. The van der Waals surface area contributed by atoms with Gasteiger partial charge in [0.2, 0.25) is 0 Å². The molecule has 140 valence electrons. The Kier molecular flexibility index (Phi) is 5.06. The molecular weight excluding hydrogens is 457 g/mol. The van der Waals surface area contributed by atoms with Crippen molar-refractivity contribution in [1.29, 1.82) is 0 Å². The third kappa shape index (κ3) is 3.61. The molecule has 0 amide bonds. The van der Waals surface area contributed by atoms with Crippen LogP contribution in [0.2, 0.25) is 0 Å². The highest BCUT2D eigenvalue weighted by atomic mass is 127. The fourth-order valence-electron chi connectivity index (χ4n) is 3.33. The van der Waals surface area contributed by atoms with Crippen LogP contribution >= 0.6 is 22.6 Å². The second-order valence-electron chi connectivity index (χ2n) is 7.84. The molecule has 1 heterocycles. The molecule has 0 saturated heterocycles. The van der Waals surface area contributed by atoms with E-state index in [1.165, 1.54) is 11.1 Å². The van der Waals surface area contributed by atoms with Crippen LogP contribution in [0.3, 0.4) is 0 Å². The Labute approximate surface area is 179 Å². The van der Waals surface area contributed by atoms with Crippen LogP contribution in [0.1, 0.15) is 26.3 Å². The molecule has 0 bridgehead atoms. The average Bonchev–Trinajstić information content (AvgIpc) is 3.09. The molecule has 28 heavy (non-hydrogen) atoms.